The van der Waals surface area contributed by atoms with Gasteiger partial charge in [-0.15, -0.1) is 0 Å². The first-order valence-electron chi connectivity index (χ1n) is 8.18. The molecule has 0 aliphatic carbocycles. The molecule has 0 amide bonds. The Morgan fingerprint density at radius 2 is 1.04 bits per heavy atom. The van der Waals surface area contributed by atoms with Gasteiger partial charge in [0.05, 0.1) is 11.9 Å². The van der Waals surface area contributed by atoms with Gasteiger partial charge in [0.1, 0.15) is 11.2 Å². The maximum atomic E-state index is 9.89. The van der Waals surface area contributed by atoms with Crippen LogP contribution < -0.4 is 10.2 Å². The van der Waals surface area contributed by atoms with E-state index in [2.05, 4.69) is 0 Å². The molecule has 0 radical (unpaired) electrons. The summed E-state index contributed by atoms with van der Waals surface area (Å²) in [4.78, 5) is 19.8. The van der Waals surface area contributed by atoms with Crippen molar-refractivity contribution >= 4 is 11.9 Å². The van der Waals surface area contributed by atoms with Gasteiger partial charge >= 0.3 is 21.7 Å². The zero-order chi connectivity index (χ0) is 21.4. The average molecular weight is 416 g/mol. The number of carboxylic acid groups (broad SMARTS) is 2. The molecular weight excluding hydrogens is 380 g/mol. The first-order chi connectivity index (χ1) is 11.0. The Hall–Kier alpha value is -0.506. The van der Waals surface area contributed by atoms with Gasteiger partial charge in [-0.1, -0.05) is 27.7 Å². The Morgan fingerprint density at radius 1 is 0.885 bits per heavy atom. The smallest absolute Gasteiger partial charge is 0.547 e. The van der Waals surface area contributed by atoms with Crippen molar-refractivity contribution in [2.75, 3.05) is 6.61 Å². The standard InChI is InChI=1S/2C5H10O3.C4H10O.C3H8O.Ti/c2*1-3-5(2,8)4(6)7;1-4(2)3-5;1-3(2)4;/h2*8H,3H2,1-2H3,(H,6,7);4-5H,3H2,1-2H3;3-4H,1-2H3;/q;;;;+2/p-2. The van der Waals surface area contributed by atoms with Crippen LogP contribution in [0, 0.1) is 5.92 Å². The molecule has 0 aromatic carbocycles. The molecule has 8 nitrogen and oxygen atoms in total. The van der Waals surface area contributed by atoms with Crippen LogP contribution in [0.5, 0.6) is 0 Å². The van der Waals surface area contributed by atoms with E-state index in [1.165, 1.54) is 13.8 Å². The molecule has 0 bridgehead atoms. The number of rotatable bonds is 5. The molecule has 2 unspecified atom stereocenters. The molecule has 0 aromatic heterocycles. The molecule has 0 aliphatic rings. The summed E-state index contributed by atoms with van der Waals surface area (Å²) in [6, 6.07) is 0. The second-order valence-corrected chi connectivity index (χ2v) is 6.50. The quantitative estimate of drug-likeness (QED) is 0.407. The summed E-state index contributed by atoms with van der Waals surface area (Å²) in [5, 5.41) is 53.5. The van der Waals surface area contributed by atoms with Crippen LogP contribution in [-0.4, -0.2) is 56.3 Å². The fourth-order valence-electron chi connectivity index (χ4n) is 0.289. The predicted octanol–water partition coefficient (Wildman–Crippen LogP) is -1.19. The van der Waals surface area contributed by atoms with Gasteiger partial charge in [0, 0.05) is 12.7 Å². The molecule has 0 aliphatic heterocycles. The molecule has 9 heteroatoms. The first-order valence-corrected chi connectivity index (χ1v) is 8.18. The molecule has 2 atom stereocenters. The molecule has 0 saturated heterocycles. The molecule has 0 saturated carbocycles. The van der Waals surface area contributed by atoms with Crippen molar-refractivity contribution in [2.24, 2.45) is 5.92 Å². The normalized spacial score (nSPS) is 13.9. The maximum Gasteiger partial charge on any atom is 2.00 e. The molecule has 0 fully saturated rings. The van der Waals surface area contributed by atoms with E-state index in [9.17, 15) is 19.8 Å². The second-order valence-electron chi connectivity index (χ2n) is 6.50. The van der Waals surface area contributed by atoms with E-state index >= 15 is 0 Å². The van der Waals surface area contributed by atoms with Crippen molar-refractivity contribution < 1.29 is 61.9 Å². The van der Waals surface area contributed by atoms with E-state index in [1.807, 2.05) is 13.8 Å². The number of aliphatic carboxylic acids is 2. The monoisotopic (exact) mass is 416 g/mol. The summed E-state index contributed by atoms with van der Waals surface area (Å²) in [6.07, 6.45) is 0.185. The fourth-order valence-corrected chi connectivity index (χ4v) is 0.289. The third-order valence-corrected chi connectivity index (χ3v) is 2.62. The van der Waals surface area contributed by atoms with Crippen molar-refractivity contribution in [2.45, 2.75) is 85.5 Å². The molecule has 4 N–H and O–H groups in total. The number of carbonyl (C=O) groups is 2. The van der Waals surface area contributed by atoms with Crippen LogP contribution in [0.15, 0.2) is 0 Å². The predicted molar refractivity (Wildman–Crippen MR) is 91.1 cm³/mol. The fraction of sp³-hybridized carbons (Fsp3) is 0.882. The minimum absolute atomic E-state index is 0. The molecular formula is C17H36O8Ti. The van der Waals surface area contributed by atoms with Crippen molar-refractivity contribution in [1.29, 1.82) is 0 Å². The number of carbonyl (C=O) groups excluding carboxylic acids is 2. The van der Waals surface area contributed by atoms with Crippen LogP contribution in [0.4, 0.5) is 0 Å². The molecule has 0 rings (SSSR count). The summed E-state index contributed by atoms with van der Waals surface area (Å²) in [6.45, 7) is 13.3. The van der Waals surface area contributed by atoms with Gasteiger partial charge in [-0.25, -0.2) is 0 Å². The van der Waals surface area contributed by atoms with Crippen LogP contribution in [0.25, 0.3) is 0 Å². The number of aliphatic hydroxyl groups is 4. The van der Waals surface area contributed by atoms with Crippen LogP contribution >= 0.6 is 0 Å². The van der Waals surface area contributed by atoms with Gasteiger partial charge in [-0.05, 0) is 46.5 Å². The minimum atomic E-state index is -1.65. The van der Waals surface area contributed by atoms with Gasteiger partial charge in [0.15, 0.2) is 0 Å². The van der Waals surface area contributed by atoms with Crippen LogP contribution in [0.1, 0.15) is 68.2 Å². The van der Waals surface area contributed by atoms with Gasteiger partial charge in [0.25, 0.3) is 0 Å². The SMILES string of the molecule is CC(C)CO.CC(C)O.CCC(C)(O)C(=O)[O-].CCC(C)(O)C(=O)[O-].[Ti+2]. The van der Waals surface area contributed by atoms with E-state index in [0.717, 1.165) is 0 Å². The van der Waals surface area contributed by atoms with E-state index in [4.69, 9.17) is 20.4 Å². The molecule has 0 heterocycles. The molecule has 0 spiro atoms. The van der Waals surface area contributed by atoms with E-state index < -0.39 is 23.1 Å². The Morgan fingerprint density at radius 3 is 1.04 bits per heavy atom. The van der Waals surface area contributed by atoms with Crippen molar-refractivity contribution in [1.82, 2.24) is 0 Å². The number of hydrogen-bond donors (Lipinski definition) is 4. The summed E-state index contributed by atoms with van der Waals surface area (Å²) in [7, 11) is 0. The largest absolute Gasteiger partial charge is 2.00 e. The van der Waals surface area contributed by atoms with E-state index in [1.54, 1.807) is 27.7 Å². The third kappa shape index (κ3) is 31.3. The van der Waals surface area contributed by atoms with Crippen molar-refractivity contribution in [3.8, 4) is 0 Å². The van der Waals surface area contributed by atoms with Crippen LogP contribution in [0.2, 0.25) is 0 Å². The Labute approximate surface area is 172 Å². The summed E-state index contributed by atoms with van der Waals surface area (Å²) < 4.78 is 0. The van der Waals surface area contributed by atoms with Gasteiger partial charge in [-0.2, -0.15) is 0 Å². The maximum absolute atomic E-state index is 9.89. The average Bonchev–Trinajstić information content (AvgIpc) is 2.47. The minimum Gasteiger partial charge on any atom is -0.547 e. The topological polar surface area (TPSA) is 161 Å². The van der Waals surface area contributed by atoms with Gasteiger partial charge in [-0.3, -0.25) is 0 Å². The second kappa shape index (κ2) is 19.3. The Kier molecular flexibility index (Phi) is 27.0. The molecule has 156 valence electrons. The molecule has 0 aromatic rings. The van der Waals surface area contributed by atoms with E-state index in [0.29, 0.717) is 12.5 Å². The zero-order valence-electron chi connectivity index (χ0n) is 17.2. The Bertz CT molecular complexity index is 313. The summed E-state index contributed by atoms with van der Waals surface area (Å²) in [5.41, 5.74) is -3.31. The number of carboxylic acids is 2. The van der Waals surface area contributed by atoms with Crippen LogP contribution in [-0.2, 0) is 31.3 Å². The third-order valence-electron chi connectivity index (χ3n) is 2.62. The number of hydrogen-bond acceptors (Lipinski definition) is 8. The first kappa shape index (κ1) is 36.4. The molecule has 26 heavy (non-hydrogen) atoms. The summed E-state index contributed by atoms with van der Waals surface area (Å²) >= 11 is 0. The van der Waals surface area contributed by atoms with Crippen molar-refractivity contribution in [3.05, 3.63) is 0 Å². The van der Waals surface area contributed by atoms with Crippen LogP contribution in [0.3, 0.4) is 0 Å². The number of aliphatic hydroxyl groups excluding tert-OH is 2. The van der Waals surface area contributed by atoms with E-state index in [-0.39, 0.29) is 40.7 Å². The van der Waals surface area contributed by atoms with Gasteiger partial charge in [0.2, 0.25) is 0 Å². The van der Waals surface area contributed by atoms with Crippen molar-refractivity contribution in [3.63, 3.8) is 0 Å². The van der Waals surface area contributed by atoms with Gasteiger partial charge < -0.3 is 40.2 Å². The summed E-state index contributed by atoms with van der Waals surface area (Å²) in [5.74, 6) is -2.39. The zero-order valence-corrected chi connectivity index (χ0v) is 18.8. The Balaban J connectivity index is -0.0000000773.